The Morgan fingerprint density at radius 3 is 2.59 bits per heavy atom. The largest absolute Gasteiger partial charge is 0.396 e. The number of anilines is 2. The predicted octanol–water partition coefficient (Wildman–Crippen LogP) is 4.27. The third-order valence-corrected chi connectivity index (χ3v) is 5.31. The molecule has 0 unspecified atom stereocenters. The van der Waals surface area contributed by atoms with E-state index in [4.69, 9.17) is 19.5 Å². The number of aliphatic hydroxyl groups excluding tert-OH is 1. The number of methoxy groups -OCH3 is 1. The zero-order chi connectivity index (χ0) is 25.3. The fourth-order valence-electron chi connectivity index (χ4n) is 2.52. The number of nitrogens with zero attached hydrogens (tertiary/aromatic N) is 1. The average Bonchev–Trinajstić information content (AvgIpc) is 2.79. The summed E-state index contributed by atoms with van der Waals surface area (Å²) < 4.78 is 49.9. The van der Waals surface area contributed by atoms with Crippen LogP contribution >= 0.6 is 22.6 Å². The number of benzene rings is 2. The van der Waals surface area contributed by atoms with Crippen LogP contribution in [0.4, 0.5) is 24.5 Å². The Kier molecular flexibility index (Phi) is 10.5. The van der Waals surface area contributed by atoms with Gasteiger partial charge in [-0.2, -0.15) is 0 Å². The molecule has 12 heteroatoms. The summed E-state index contributed by atoms with van der Waals surface area (Å²) in [6, 6.07) is 5.07. The number of hydrogen-bond donors (Lipinski definition) is 3. The van der Waals surface area contributed by atoms with E-state index in [9.17, 15) is 13.6 Å². The van der Waals surface area contributed by atoms with E-state index in [1.165, 1.54) is 12.1 Å². The Bertz CT molecular complexity index is 1040. The van der Waals surface area contributed by atoms with Crippen LogP contribution in [0.3, 0.4) is 0 Å². The van der Waals surface area contributed by atoms with Crippen molar-refractivity contribution in [2.24, 2.45) is 5.16 Å². The molecule has 2 rings (SSSR count). The molecule has 0 radical (unpaired) electrons. The molecule has 0 aliphatic rings. The van der Waals surface area contributed by atoms with E-state index >= 15 is 4.39 Å². The Balaban J connectivity index is 2.36. The lowest BCUT2D eigenvalue weighted by molar-refractivity contribution is -0.00888. The van der Waals surface area contributed by atoms with Crippen LogP contribution in [0.15, 0.2) is 29.4 Å². The minimum atomic E-state index is -1.44. The molecule has 2 aromatic carbocycles. The molecule has 0 aliphatic heterocycles. The van der Waals surface area contributed by atoms with Crippen molar-refractivity contribution in [2.75, 3.05) is 32.2 Å². The first-order valence-corrected chi connectivity index (χ1v) is 11.1. The van der Waals surface area contributed by atoms with Gasteiger partial charge in [-0.05, 0) is 60.7 Å². The van der Waals surface area contributed by atoms with Gasteiger partial charge in [0.05, 0.1) is 42.0 Å². The summed E-state index contributed by atoms with van der Waals surface area (Å²) in [7, 11) is 1.55. The van der Waals surface area contributed by atoms with Crippen LogP contribution in [-0.4, -0.2) is 49.8 Å². The molecule has 1 amide bonds. The molecule has 0 aromatic heterocycles. The van der Waals surface area contributed by atoms with Crippen molar-refractivity contribution in [2.45, 2.75) is 25.9 Å². The van der Waals surface area contributed by atoms with E-state index in [0.717, 1.165) is 12.3 Å². The molecular weight excluding hydrogens is 570 g/mol. The second-order valence-electron chi connectivity index (χ2n) is 7.55. The molecule has 186 valence electrons. The summed E-state index contributed by atoms with van der Waals surface area (Å²) in [5.41, 5.74) is -0.000143. The maximum Gasteiger partial charge on any atom is 0.277 e. The van der Waals surface area contributed by atoms with Crippen molar-refractivity contribution in [3.05, 3.63) is 56.4 Å². The summed E-state index contributed by atoms with van der Waals surface area (Å²) in [5.74, 6) is -4.45. The molecule has 0 atom stereocenters. The van der Waals surface area contributed by atoms with Crippen LogP contribution in [-0.2, 0) is 14.4 Å². The van der Waals surface area contributed by atoms with Gasteiger partial charge in [-0.1, -0.05) is 5.16 Å². The van der Waals surface area contributed by atoms with E-state index in [2.05, 4.69) is 10.5 Å². The van der Waals surface area contributed by atoms with E-state index in [-0.39, 0.29) is 31.1 Å². The first-order valence-electron chi connectivity index (χ1n) is 10.1. The normalized spacial score (nSPS) is 11.6. The molecular formula is C22H25F3IN3O5. The van der Waals surface area contributed by atoms with Gasteiger partial charge in [0.1, 0.15) is 12.4 Å². The number of ether oxygens (including phenoxy) is 1. The summed E-state index contributed by atoms with van der Waals surface area (Å²) >= 11 is 1.89. The van der Waals surface area contributed by atoms with Gasteiger partial charge in [-0.15, -0.1) is 0 Å². The molecule has 0 fully saturated rings. The van der Waals surface area contributed by atoms with Crippen molar-refractivity contribution in [1.82, 2.24) is 5.48 Å². The molecule has 8 nitrogen and oxygen atoms in total. The number of hydroxylamine groups is 1. The monoisotopic (exact) mass is 595 g/mol. The van der Waals surface area contributed by atoms with Crippen LogP contribution < -0.4 is 10.8 Å². The van der Waals surface area contributed by atoms with Crippen molar-refractivity contribution in [3.63, 3.8) is 0 Å². The summed E-state index contributed by atoms with van der Waals surface area (Å²) in [4.78, 5) is 22.4. The second-order valence-corrected chi connectivity index (χ2v) is 8.80. The number of amides is 1. The molecule has 3 N–H and O–H groups in total. The molecule has 0 bridgehead atoms. The van der Waals surface area contributed by atoms with Crippen LogP contribution in [0.25, 0.3) is 0 Å². The van der Waals surface area contributed by atoms with Crippen LogP contribution in [0.2, 0.25) is 0 Å². The van der Waals surface area contributed by atoms with Gasteiger partial charge in [-0.25, -0.2) is 18.7 Å². The van der Waals surface area contributed by atoms with Gasteiger partial charge >= 0.3 is 0 Å². The molecule has 0 saturated carbocycles. The minimum Gasteiger partial charge on any atom is -0.396 e. The number of oxime groups is 1. The molecule has 34 heavy (non-hydrogen) atoms. The van der Waals surface area contributed by atoms with Crippen molar-refractivity contribution >= 4 is 46.1 Å². The summed E-state index contributed by atoms with van der Waals surface area (Å²) in [6.07, 6.45) is 1.40. The van der Waals surface area contributed by atoms with Gasteiger partial charge in [0.25, 0.3) is 5.91 Å². The van der Waals surface area contributed by atoms with Gasteiger partial charge in [0.2, 0.25) is 0 Å². The first-order chi connectivity index (χ1) is 16.1. The van der Waals surface area contributed by atoms with E-state index in [1.807, 2.05) is 41.9 Å². The lowest BCUT2D eigenvalue weighted by Crippen LogP contribution is -2.26. The van der Waals surface area contributed by atoms with Crippen LogP contribution in [0, 0.1) is 21.0 Å². The van der Waals surface area contributed by atoms with Gasteiger partial charge in [-0.3, -0.25) is 9.63 Å². The van der Waals surface area contributed by atoms with E-state index < -0.39 is 40.2 Å². The Labute approximate surface area is 208 Å². The number of hydrogen-bond acceptors (Lipinski definition) is 7. The topological polar surface area (TPSA) is 101 Å². The first kappa shape index (κ1) is 27.8. The molecule has 0 aliphatic carbocycles. The predicted molar refractivity (Wildman–Crippen MR) is 129 cm³/mol. The third-order valence-electron chi connectivity index (χ3n) is 4.64. The van der Waals surface area contributed by atoms with Crippen LogP contribution in [0.1, 0.15) is 36.2 Å². The summed E-state index contributed by atoms with van der Waals surface area (Å²) in [5, 5.41) is 14.9. The maximum absolute atomic E-state index is 15.0. The molecule has 0 saturated heterocycles. The third kappa shape index (κ3) is 7.82. The zero-order valence-electron chi connectivity index (χ0n) is 18.8. The smallest absolute Gasteiger partial charge is 0.277 e. The number of carbonyl (C=O) groups is 1. The average molecular weight is 595 g/mol. The van der Waals surface area contributed by atoms with Crippen LogP contribution in [0.5, 0.6) is 0 Å². The minimum absolute atomic E-state index is 0.148. The standard InChI is InChI=1S/C22H25F3IN3O5/c1-22(2,32-3)6-8-33-27-12-13-10-15(21(31)29-34-9-7-30)20(19(25)18(13)24)28-17-5-4-14(26)11-16(17)23/h4-5,10-12,28,30H,6-9H2,1-3H3,(H,29,31). The highest BCUT2D eigenvalue weighted by atomic mass is 127. The van der Waals surface area contributed by atoms with E-state index in [1.54, 1.807) is 13.2 Å². The SMILES string of the molecule is COC(C)(C)CCON=Cc1cc(C(=O)NOCCO)c(Nc2ccc(I)cc2F)c(F)c1F. The highest BCUT2D eigenvalue weighted by Gasteiger charge is 2.23. The van der Waals surface area contributed by atoms with Gasteiger partial charge in [0, 0.05) is 22.7 Å². The quantitative estimate of drug-likeness (QED) is 0.147. The number of aliphatic hydroxyl groups is 1. The zero-order valence-corrected chi connectivity index (χ0v) is 20.9. The number of halogens is 4. The Hall–Kier alpha value is -2.42. The Morgan fingerprint density at radius 2 is 1.94 bits per heavy atom. The second kappa shape index (κ2) is 12.9. The molecule has 0 spiro atoms. The highest BCUT2D eigenvalue weighted by molar-refractivity contribution is 14.1. The Morgan fingerprint density at radius 1 is 1.21 bits per heavy atom. The highest BCUT2D eigenvalue weighted by Crippen LogP contribution is 2.30. The van der Waals surface area contributed by atoms with Crippen molar-refractivity contribution < 1.29 is 37.5 Å². The summed E-state index contributed by atoms with van der Waals surface area (Å²) in [6.45, 7) is 3.23. The van der Waals surface area contributed by atoms with Crippen molar-refractivity contribution in [1.29, 1.82) is 0 Å². The lowest BCUT2D eigenvalue weighted by Gasteiger charge is -2.21. The fourth-order valence-corrected chi connectivity index (χ4v) is 2.98. The number of rotatable bonds is 12. The van der Waals surface area contributed by atoms with Gasteiger partial charge in [0.15, 0.2) is 11.6 Å². The van der Waals surface area contributed by atoms with Gasteiger partial charge < -0.3 is 20.0 Å². The number of carbonyl (C=O) groups excluding carboxylic acids is 1. The van der Waals surface area contributed by atoms with E-state index in [0.29, 0.717) is 9.99 Å². The fraction of sp³-hybridized carbons (Fsp3) is 0.364. The molecule has 2 aromatic rings. The molecule has 0 heterocycles. The lowest BCUT2D eigenvalue weighted by atomic mass is 10.1. The maximum atomic E-state index is 15.0. The number of nitrogens with one attached hydrogen (secondary N) is 2. The van der Waals surface area contributed by atoms with Crippen molar-refractivity contribution in [3.8, 4) is 0 Å².